The first kappa shape index (κ1) is 16.1. The molecule has 1 aromatic carbocycles. The van der Waals surface area contributed by atoms with Gasteiger partial charge in [-0.15, -0.1) is 0 Å². The molecule has 0 spiro atoms. The summed E-state index contributed by atoms with van der Waals surface area (Å²) in [5, 5.41) is 23.4. The van der Waals surface area contributed by atoms with E-state index in [-0.39, 0.29) is 10.9 Å². The Balaban J connectivity index is 2.04. The fourth-order valence-electron chi connectivity index (χ4n) is 1.67. The maximum atomic E-state index is 12.1. The summed E-state index contributed by atoms with van der Waals surface area (Å²) >= 11 is 7.08. The molecule has 1 atom stereocenters. The van der Waals surface area contributed by atoms with Crippen LogP contribution in [0.5, 0.6) is 0 Å². The highest BCUT2D eigenvalue weighted by Gasteiger charge is 2.19. The van der Waals surface area contributed by atoms with Gasteiger partial charge in [-0.05, 0) is 43.0 Å². The van der Waals surface area contributed by atoms with Gasteiger partial charge in [0.05, 0.1) is 15.8 Å². The molecular formula is C15H12ClN3O2S. The molecule has 0 aliphatic carbocycles. The molecular weight excluding hydrogens is 322 g/mol. The molecule has 0 radical (unpaired) electrons. The van der Waals surface area contributed by atoms with E-state index in [0.29, 0.717) is 21.0 Å². The molecule has 1 N–H and O–H groups in total. The number of hydrogen-bond donors (Lipinski definition) is 1. The lowest BCUT2D eigenvalue weighted by molar-refractivity contribution is -0.645. The Hall–Kier alpha value is -2.23. The van der Waals surface area contributed by atoms with Crippen LogP contribution in [0, 0.1) is 16.5 Å². The second-order valence-electron chi connectivity index (χ2n) is 4.42. The summed E-state index contributed by atoms with van der Waals surface area (Å²) in [5.41, 5.74) is 0.850. The van der Waals surface area contributed by atoms with Gasteiger partial charge in [0, 0.05) is 17.8 Å². The molecule has 112 valence electrons. The molecule has 0 bridgehead atoms. The summed E-state index contributed by atoms with van der Waals surface area (Å²) in [7, 11) is 0. The fraction of sp³-hybridized carbons (Fsp3) is 0.133. The van der Waals surface area contributed by atoms with Crippen molar-refractivity contribution >= 4 is 35.0 Å². The highest BCUT2D eigenvalue weighted by molar-refractivity contribution is 8.00. The summed E-state index contributed by atoms with van der Waals surface area (Å²) in [6.45, 7) is 1.71. The Kier molecular flexibility index (Phi) is 5.26. The van der Waals surface area contributed by atoms with Crippen LogP contribution in [-0.4, -0.2) is 11.2 Å². The zero-order chi connectivity index (χ0) is 16.1. The Morgan fingerprint density at radius 2 is 2.23 bits per heavy atom. The van der Waals surface area contributed by atoms with Crippen molar-refractivity contribution in [1.82, 2.24) is 0 Å². The van der Waals surface area contributed by atoms with Crippen LogP contribution in [0.25, 0.3) is 0 Å². The lowest BCUT2D eigenvalue weighted by Gasteiger charge is -2.12. The molecule has 7 heteroatoms. The minimum absolute atomic E-state index is 0.255. The smallest absolute Gasteiger partial charge is 0.252 e. The number of benzene rings is 1. The van der Waals surface area contributed by atoms with Gasteiger partial charge in [-0.2, -0.15) is 9.99 Å². The number of carbonyl (C=O) groups is 1. The van der Waals surface area contributed by atoms with Gasteiger partial charge >= 0.3 is 0 Å². The van der Waals surface area contributed by atoms with E-state index < -0.39 is 5.25 Å². The van der Waals surface area contributed by atoms with E-state index in [9.17, 15) is 10.0 Å². The number of nitrogens with one attached hydrogen (secondary N) is 1. The first-order valence-electron chi connectivity index (χ1n) is 6.36. The number of nitrogens with zero attached hydrogens (tertiary/aromatic N) is 2. The van der Waals surface area contributed by atoms with Crippen LogP contribution in [0.4, 0.5) is 5.69 Å². The summed E-state index contributed by atoms with van der Waals surface area (Å²) in [6, 6.07) is 11.6. The first-order valence-corrected chi connectivity index (χ1v) is 7.62. The lowest BCUT2D eigenvalue weighted by Crippen LogP contribution is -2.30. The third kappa shape index (κ3) is 3.91. The monoisotopic (exact) mass is 333 g/mol. The minimum Gasteiger partial charge on any atom is -0.618 e. The molecule has 1 unspecified atom stereocenters. The quantitative estimate of drug-likeness (QED) is 0.530. The molecule has 1 amide bonds. The Morgan fingerprint density at radius 1 is 1.45 bits per heavy atom. The molecule has 1 aromatic heterocycles. The maximum Gasteiger partial charge on any atom is 0.252 e. The van der Waals surface area contributed by atoms with E-state index in [1.54, 1.807) is 37.3 Å². The van der Waals surface area contributed by atoms with Crippen molar-refractivity contribution in [3.8, 4) is 6.07 Å². The average Bonchev–Trinajstić information content (AvgIpc) is 2.49. The van der Waals surface area contributed by atoms with E-state index in [1.807, 2.05) is 6.07 Å². The van der Waals surface area contributed by atoms with Crippen molar-refractivity contribution in [2.45, 2.75) is 17.2 Å². The maximum absolute atomic E-state index is 12.1. The minimum atomic E-state index is -0.461. The molecule has 2 rings (SSSR count). The molecule has 0 fully saturated rings. The zero-order valence-electron chi connectivity index (χ0n) is 11.6. The molecule has 1 heterocycles. The third-order valence-corrected chi connectivity index (χ3v) is 4.25. The predicted molar refractivity (Wildman–Crippen MR) is 85.5 cm³/mol. The van der Waals surface area contributed by atoms with Crippen molar-refractivity contribution in [1.29, 1.82) is 5.26 Å². The number of aromatic nitrogens is 1. The van der Waals surface area contributed by atoms with Crippen LogP contribution in [0.15, 0.2) is 47.6 Å². The van der Waals surface area contributed by atoms with E-state index in [4.69, 9.17) is 16.9 Å². The van der Waals surface area contributed by atoms with Crippen LogP contribution in [-0.2, 0) is 4.79 Å². The fourth-order valence-corrected chi connectivity index (χ4v) is 2.74. The van der Waals surface area contributed by atoms with Crippen molar-refractivity contribution < 1.29 is 9.52 Å². The van der Waals surface area contributed by atoms with Crippen molar-refractivity contribution in [2.75, 3.05) is 5.32 Å². The number of nitriles is 1. The largest absolute Gasteiger partial charge is 0.618 e. The number of hydrogen-bond acceptors (Lipinski definition) is 4. The highest BCUT2D eigenvalue weighted by Crippen LogP contribution is 2.23. The second-order valence-corrected chi connectivity index (χ2v) is 6.19. The van der Waals surface area contributed by atoms with E-state index >= 15 is 0 Å². The summed E-state index contributed by atoms with van der Waals surface area (Å²) in [4.78, 5) is 12.1. The summed E-state index contributed by atoms with van der Waals surface area (Å²) in [5.74, 6) is -0.255. The Morgan fingerprint density at radius 3 is 2.86 bits per heavy atom. The number of halogens is 1. The van der Waals surface area contributed by atoms with Gasteiger partial charge in [-0.1, -0.05) is 11.6 Å². The number of thioether (sulfide) groups is 1. The lowest BCUT2D eigenvalue weighted by atomic mass is 10.2. The molecule has 0 aliphatic rings. The topological polar surface area (TPSA) is 79.8 Å². The zero-order valence-corrected chi connectivity index (χ0v) is 13.2. The van der Waals surface area contributed by atoms with E-state index in [2.05, 4.69) is 5.32 Å². The number of carbonyl (C=O) groups excluding carboxylic acids is 1. The van der Waals surface area contributed by atoms with Gasteiger partial charge in [-0.3, -0.25) is 4.79 Å². The van der Waals surface area contributed by atoms with Crippen LogP contribution in [0.1, 0.15) is 12.5 Å². The van der Waals surface area contributed by atoms with Crippen LogP contribution >= 0.6 is 23.4 Å². The Bertz CT molecular complexity index is 746. The van der Waals surface area contributed by atoms with Crippen LogP contribution in [0.3, 0.4) is 0 Å². The van der Waals surface area contributed by atoms with Gasteiger partial charge in [0.1, 0.15) is 6.07 Å². The van der Waals surface area contributed by atoms with Crippen LogP contribution in [0.2, 0.25) is 5.02 Å². The van der Waals surface area contributed by atoms with Gasteiger partial charge in [0.25, 0.3) is 5.03 Å². The number of pyridine rings is 1. The van der Waals surface area contributed by atoms with Crippen molar-refractivity contribution in [3.05, 3.63) is 58.4 Å². The van der Waals surface area contributed by atoms with Crippen LogP contribution < -0.4 is 10.0 Å². The van der Waals surface area contributed by atoms with Gasteiger partial charge in [0.2, 0.25) is 5.91 Å². The van der Waals surface area contributed by atoms with Crippen molar-refractivity contribution in [2.24, 2.45) is 0 Å². The van der Waals surface area contributed by atoms with Gasteiger partial charge < -0.3 is 10.5 Å². The third-order valence-electron chi connectivity index (χ3n) is 2.81. The SMILES string of the molecule is CC(Sc1cccc[n+]1[O-])C(=O)Nc1ccc(C#N)c(Cl)c1. The first-order chi connectivity index (χ1) is 10.5. The van der Waals surface area contributed by atoms with Crippen molar-refractivity contribution in [3.63, 3.8) is 0 Å². The van der Waals surface area contributed by atoms with Gasteiger partial charge in [0.15, 0.2) is 6.20 Å². The standard InChI is InChI=1S/C15H12ClN3O2S/c1-10(22-14-4-2-3-7-19(14)21)15(20)18-12-6-5-11(9-17)13(16)8-12/h2-8,10H,1H3,(H,18,20). The second kappa shape index (κ2) is 7.16. The number of rotatable bonds is 4. The average molecular weight is 334 g/mol. The molecule has 0 saturated heterocycles. The molecule has 2 aromatic rings. The van der Waals surface area contributed by atoms with E-state index in [1.165, 1.54) is 12.3 Å². The molecule has 22 heavy (non-hydrogen) atoms. The van der Waals surface area contributed by atoms with Gasteiger partial charge in [-0.25, -0.2) is 0 Å². The summed E-state index contributed by atoms with van der Waals surface area (Å²) in [6.07, 6.45) is 1.38. The summed E-state index contributed by atoms with van der Waals surface area (Å²) < 4.78 is 0.715. The highest BCUT2D eigenvalue weighted by atomic mass is 35.5. The van der Waals surface area contributed by atoms with E-state index in [0.717, 1.165) is 11.8 Å². The Labute approximate surface area is 137 Å². The number of anilines is 1. The predicted octanol–water partition coefficient (Wildman–Crippen LogP) is 2.96. The normalized spacial score (nSPS) is 11.5. The number of amides is 1. The molecule has 0 aliphatic heterocycles. The molecule has 0 saturated carbocycles. The molecule has 5 nitrogen and oxygen atoms in total.